The number of nitrogens with one attached hydrogen (secondary N) is 2. The third kappa shape index (κ3) is 4.67. The molecule has 0 bridgehead atoms. The predicted molar refractivity (Wildman–Crippen MR) is 110 cm³/mol. The maximum Gasteiger partial charge on any atom is 0.292 e. The highest BCUT2D eigenvalue weighted by molar-refractivity contribution is 6.34. The molecular weight excluding hydrogens is 394 g/mol. The Morgan fingerprint density at radius 1 is 1.24 bits per heavy atom. The molecule has 0 aliphatic carbocycles. The van der Waals surface area contributed by atoms with E-state index in [0.29, 0.717) is 16.6 Å². The second-order valence-electron chi connectivity index (χ2n) is 6.67. The molecule has 0 spiro atoms. The highest BCUT2D eigenvalue weighted by Gasteiger charge is 2.16. The first-order valence-corrected chi connectivity index (χ1v) is 9.62. The van der Waals surface area contributed by atoms with Gasteiger partial charge in [-0.05, 0) is 49.7 Å². The normalized spacial score (nSPS) is 14.5. The Morgan fingerprint density at radius 3 is 2.72 bits per heavy atom. The molecule has 4 N–H and O–H groups in total. The summed E-state index contributed by atoms with van der Waals surface area (Å²) >= 11 is 6.23. The summed E-state index contributed by atoms with van der Waals surface area (Å²) in [6.07, 6.45) is 5.07. The molecule has 0 radical (unpaired) electrons. The minimum absolute atomic E-state index is 0.0741. The number of rotatable bonds is 5. The van der Waals surface area contributed by atoms with Crippen molar-refractivity contribution in [2.75, 3.05) is 24.1 Å². The number of nitrogens with zero attached hydrogens (tertiary/aromatic N) is 2. The van der Waals surface area contributed by atoms with Gasteiger partial charge in [0.05, 0.1) is 10.7 Å². The van der Waals surface area contributed by atoms with Gasteiger partial charge in [-0.15, -0.1) is 0 Å². The van der Waals surface area contributed by atoms with E-state index in [1.54, 1.807) is 18.3 Å². The fourth-order valence-electron chi connectivity index (χ4n) is 3.08. The first-order chi connectivity index (χ1) is 14.1. The molecule has 0 unspecified atom stereocenters. The number of benzene rings is 1. The second-order valence-corrected chi connectivity index (χ2v) is 7.08. The van der Waals surface area contributed by atoms with E-state index in [2.05, 4.69) is 20.6 Å². The molecule has 0 atom stereocenters. The van der Waals surface area contributed by atoms with Crippen molar-refractivity contribution in [3.8, 4) is 17.0 Å². The Morgan fingerprint density at radius 2 is 2.03 bits per heavy atom. The molecule has 29 heavy (non-hydrogen) atoms. The lowest BCUT2D eigenvalue weighted by atomic mass is 10.1. The van der Waals surface area contributed by atoms with E-state index in [9.17, 15) is 4.79 Å². The number of nitrogen functional groups attached to an aromatic ring is 1. The van der Waals surface area contributed by atoms with E-state index < -0.39 is 5.91 Å². The Hall–Kier alpha value is -3.10. The molecule has 1 aliphatic rings. The molecule has 1 aliphatic heterocycles. The third-order valence-corrected chi connectivity index (χ3v) is 4.94. The number of carbonyl (C=O) groups is 1. The van der Waals surface area contributed by atoms with Crippen LogP contribution >= 0.6 is 11.6 Å². The Kier molecular flexibility index (Phi) is 5.64. The minimum Gasteiger partial charge on any atom is -0.474 e. The Labute approximate surface area is 172 Å². The summed E-state index contributed by atoms with van der Waals surface area (Å²) in [6, 6.07) is 9.04. The van der Waals surface area contributed by atoms with E-state index >= 15 is 0 Å². The third-order valence-electron chi connectivity index (χ3n) is 4.61. The van der Waals surface area contributed by atoms with Gasteiger partial charge in [-0.3, -0.25) is 4.79 Å². The Balaban J connectivity index is 1.48. The molecular formula is C20H20ClN5O3. The number of hydrogen-bond acceptors (Lipinski definition) is 7. The smallest absolute Gasteiger partial charge is 0.292 e. The van der Waals surface area contributed by atoms with E-state index in [-0.39, 0.29) is 17.8 Å². The second kappa shape index (κ2) is 8.50. The molecule has 1 aromatic carbocycles. The maximum absolute atomic E-state index is 12.3. The van der Waals surface area contributed by atoms with Gasteiger partial charge in [-0.2, -0.15) is 4.98 Å². The van der Waals surface area contributed by atoms with Crippen LogP contribution in [-0.2, 0) is 0 Å². The van der Waals surface area contributed by atoms with Gasteiger partial charge in [-0.25, -0.2) is 4.98 Å². The van der Waals surface area contributed by atoms with E-state index in [0.717, 1.165) is 37.1 Å². The predicted octanol–water partition coefficient (Wildman–Crippen LogP) is 3.36. The molecule has 3 aromatic rings. The van der Waals surface area contributed by atoms with Crippen LogP contribution in [-0.4, -0.2) is 35.1 Å². The van der Waals surface area contributed by atoms with Crippen LogP contribution in [0.15, 0.2) is 47.2 Å². The summed E-state index contributed by atoms with van der Waals surface area (Å²) in [7, 11) is 0. The SMILES string of the molecule is Nc1nc(C(=O)Nc2cc(-c3ccc(OC4CCNCC4)nc3)ccc2Cl)co1. The van der Waals surface area contributed by atoms with E-state index in [4.69, 9.17) is 26.5 Å². The molecule has 1 amide bonds. The molecule has 9 heteroatoms. The number of piperidine rings is 1. The number of hydrogen-bond donors (Lipinski definition) is 3. The van der Waals surface area contributed by atoms with Crippen molar-refractivity contribution < 1.29 is 13.9 Å². The first-order valence-electron chi connectivity index (χ1n) is 9.24. The summed E-state index contributed by atoms with van der Waals surface area (Å²) in [5.74, 6) is 0.139. The van der Waals surface area contributed by atoms with Crippen molar-refractivity contribution in [1.29, 1.82) is 0 Å². The number of halogens is 1. The number of carbonyl (C=O) groups excluding carboxylic acids is 1. The van der Waals surface area contributed by atoms with Gasteiger partial charge in [0, 0.05) is 17.8 Å². The number of ether oxygens (including phenoxy) is 1. The molecule has 1 saturated heterocycles. The van der Waals surface area contributed by atoms with Gasteiger partial charge in [-0.1, -0.05) is 17.7 Å². The summed E-state index contributed by atoms with van der Waals surface area (Å²) < 4.78 is 10.8. The van der Waals surface area contributed by atoms with Crippen LogP contribution < -0.4 is 21.1 Å². The van der Waals surface area contributed by atoms with Gasteiger partial charge in [0.1, 0.15) is 12.4 Å². The minimum atomic E-state index is -0.464. The van der Waals surface area contributed by atoms with Crippen LogP contribution in [0.1, 0.15) is 23.3 Å². The van der Waals surface area contributed by atoms with Crippen LogP contribution in [0.2, 0.25) is 5.02 Å². The number of pyridine rings is 1. The van der Waals surface area contributed by atoms with Crippen molar-refractivity contribution in [3.05, 3.63) is 53.5 Å². The average molecular weight is 414 g/mol. The standard InChI is InChI=1S/C20H20ClN5O3/c21-15-3-1-12(9-16(15)25-19(27)17-11-28-20(22)26-17)13-2-4-18(24-10-13)29-14-5-7-23-8-6-14/h1-4,9-11,14,23H,5-8H2,(H2,22,26)(H,25,27). The van der Waals surface area contributed by atoms with Gasteiger partial charge in [0.25, 0.3) is 11.9 Å². The summed E-state index contributed by atoms with van der Waals surface area (Å²) in [5.41, 5.74) is 7.66. The molecule has 2 aromatic heterocycles. The molecule has 1 fully saturated rings. The fraction of sp³-hybridized carbons (Fsp3) is 0.250. The van der Waals surface area contributed by atoms with Crippen molar-refractivity contribution in [2.24, 2.45) is 0 Å². The van der Waals surface area contributed by atoms with Gasteiger partial charge >= 0.3 is 0 Å². The van der Waals surface area contributed by atoms with Gasteiger partial charge in [0.15, 0.2) is 5.69 Å². The quantitative estimate of drug-likeness (QED) is 0.587. The van der Waals surface area contributed by atoms with Crippen LogP contribution in [0.4, 0.5) is 11.7 Å². The summed E-state index contributed by atoms with van der Waals surface area (Å²) in [6.45, 7) is 1.92. The van der Waals surface area contributed by atoms with Crippen LogP contribution in [0.3, 0.4) is 0 Å². The fourth-order valence-corrected chi connectivity index (χ4v) is 3.25. The highest BCUT2D eigenvalue weighted by Crippen LogP contribution is 2.30. The zero-order valence-electron chi connectivity index (χ0n) is 15.5. The Bertz CT molecular complexity index is 1000. The van der Waals surface area contributed by atoms with Gasteiger partial charge < -0.3 is 25.5 Å². The molecule has 0 saturated carbocycles. The number of oxazole rings is 1. The van der Waals surface area contributed by atoms with Crippen LogP contribution in [0, 0.1) is 0 Å². The van der Waals surface area contributed by atoms with Crippen LogP contribution in [0.5, 0.6) is 5.88 Å². The lowest BCUT2D eigenvalue weighted by Gasteiger charge is -2.23. The zero-order valence-corrected chi connectivity index (χ0v) is 16.3. The highest BCUT2D eigenvalue weighted by atomic mass is 35.5. The monoisotopic (exact) mass is 413 g/mol. The van der Waals surface area contributed by atoms with Crippen molar-refractivity contribution in [3.63, 3.8) is 0 Å². The van der Waals surface area contributed by atoms with Gasteiger partial charge in [0.2, 0.25) is 5.88 Å². The average Bonchev–Trinajstić information content (AvgIpc) is 3.18. The topological polar surface area (TPSA) is 115 Å². The molecule has 150 valence electrons. The van der Waals surface area contributed by atoms with Crippen molar-refractivity contribution in [2.45, 2.75) is 18.9 Å². The number of aromatic nitrogens is 2. The maximum atomic E-state index is 12.3. The van der Waals surface area contributed by atoms with Crippen molar-refractivity contribution in [1.82, 2.24) is 15.3 Å². The number of amides is 1. The lowest BCUT2D eigenvalue weighted by molar-refractivity contribution is 0.102. The summed E-state index contributed by atoms with van der Waals surface area (Å²) in [5, 5.41) is 6.43. The van der Waals surface area contributed by atoms with Crippen LogP contribution in [0.25, 0.3) is 11.1 Å². The molecule has 8 nitrogen and oxygen atoms in total. The van der Waals surface area contributed by atoms with Crippen molar-refractivity contribution >= 4 is 29.2 Å². The van der Waals surface area contributed by atoms with E-state index in [1.165, 1.54) is 6.26 Å². The van der Waals surface area contributed by atoms with E-state index in [1.807, 2.05) is 18.2 Å². The lowest BCUT2D eigenvalue weighted by Crippen LogP contribution is -2.34. The molecule has 4 rings (SSSR count). The summed E-state index contributed by atoms with van der Waals surface area (Å²) in [4.78, 5) is 20.5. The number of nitrogens with two attached hydrogens (primary N) is 1. The largest absolute Gasteiger partial charge is 0.474 e. The zero-order chi connectivity index (χ0) is 20.2. The number of anilines is 2. The first kappa shape index (κ1) is 19.2. The molecule has 3 heterocycles.